The fourth-order valence-corrected chi connectivity index (χ4v) is 1.51. The lowest BCUT2D eigenvalue weighted by Gasteiger charge is -2.04. The van der Waals surface area contributed by atoms with Crippen LogP contribution in [0.2, 0.25) is 0 Å². The molecular weight excluding hydrogens is 232 g/mol. The number of nitrogens with two attached hydrogens (primary N) is 1. The van der Waals surface area contributed by atoms with Gasteiger partial charge in [0.25, 0.3) is 11.7 Å². The molecule has 0 radical (unpaired) electrons. The summed E-state index contributed by atoms with van der Waals surface area (Å²) in [4.78, 5) is 11.5. The zero-order valence-electron chi connectivity index (χ0n) is 9.76. The number of aromatic amines is 1. The van der Waals surface area contributed by atoms with E-state index in [4.69, 9.17) is 5.73 Å². The van der Waals surface area contributed by atoms with Crippen LogP contribution in [0.3, 0.4) is 0 Å². The Labute approximate surface area is 104 Å². The predicted octanol–water partition coefficient (Wildman–Crippen LogP) is -0.369. The Kier molecular flexibility index (Phi) is 3.98. The highest BCUT2D eigenvalue weighted by atomic mass is 16.2. The first kappa shape index (κ1) is 12.2. The first-order valence-electron chi connectivity index (χ1n) is 5.59. The van der Waals surface area contributed by atoms with Gasteiger partial charge in [-0.15, -0.1) is 10.2 Å². The van der Waals surface area contributed by atoms with Crippen LogP contribution in [0, 0.1) is 0 Å². The Morgan fingerprint density at radius 3 is 2.61 bits per heavy atom. The molecule has 0 saturated heterocycles. The van der Waals surface area contributed by atoms with Crippen molar-refractivity contribution in [1.82, 2.24) is 25.9 Å². The summed E-state index contributed by atoms with van der Waals surface area (Å²) < 4.78 is 0. The fraction of sp³-hybridized carbons (Fsp3) is 0.273. The first-order chi connectivity index (χ1) is 8.79. The maximum atomic E-state index is 11.5. The Morgan fingerprint density at radius 2 is 2.00 bits per heavy atom. The van der Waals surface area contributed by atoms with E-state index in [1.807, 2.05) is 24.3 Å². The smallest absolute Gasteiger partial charge is 0.293 e. The van der Waals surface area contributed by atoms with Crippen molar-refractivity contribution in [2.24, 2.45) is 5.73 Å². The number of nitrogens with one attached hydrogen (secondary N) is 2. The molecule has 1 aromatic heterocycles. The highest BCUT2D eigenvalue weighted by Gasteiger charge is 2.09. The lowest BCUT2D eigenvalue weighted by molar-refractivity contribution is 0.0940. The van der Waals surface area contributed by atoms with E-state index in [0.29, 0.717) is 13.1 Å². The molecule has 94 valence electrons. The number of amides is 1. The number of nitrogens with zero attached hydrogens (tertiary/aromatic N) is 3. The van der Waals surface area contributed by atoms with E-state index in [-0.39, 0.29) is 11.7 Å². The van der Waals surface area contributed by atoms with Gasteiger partial charge in [0, 0.05) is 6.54 Å². The second-order valence-electron chi connectivity index (χ2n) is 3.77. The molecule has 0 bridgehead atoms. The summed E-state index contributed by atoms with van der Waals surface area (Å²) >= 11 is 0. The summed E-state index contributed by atoms with van der Waals surface area (Å²) in [6.07, 6.45) is 0.857. The standard InChI is InChI=1S/C11H14N6O/c12-6-5-8-1-3-9(4-2-8)7-13-11(18)10-14-16-17-15-10/h1-4H,5-7,12H2,(H,13,18)(H,14,15,16,17). The third-order valence-corrected chi connectivity index (χ3v) is 2.46. The van der Waals surface area contributed by atoms with Gasteiger partial charge in [0.05, 0.1) is 0 Å². The molecule has 0 aliphatic rings. The maximum Gasteiger partial charge on any atom is 0.293 e. The molecule has 0 fully saturated rings. The number of carbonyl (C=O) groups excluding carboxylic acids is 1. The van der Waals surface area contributed by atoms with Crippen LogP contribution in [0.1, 0.15) is 21.7 Å². The minimum atomic E-state index is -0.352. The van der Waals surface area contributed by atoms with E-state index >= 15 is 0 Å². The van der Waals surface area contributed by atoms with Gasteiger partial charge in [-0.1, -0.05) is 24.3 Å². The average molecular weight is 246 g/mol. The molecule has 0 aliphatic heterocycles. The summed E-state index contributed by atoms with van der Waals surface area (Å²) in [7, 11) is 0. The zero-order chi connectivity index (χ0) is 12.8. The highest BCUT2D eigenvalue weighted by Crippen LogP contribution is 2.04. The van der Waals surface area contributed by atoms with E-state index in [1.165, 1.54) is 5.56 Å². The number of hydrogen-bond acceptors (Lipinski definition) is 5. The van der Waals surface area contributed by atoms with Crippen molar-refractivity contribution in [3.8, 4) is 0 Å². The molecule has 0 atom stereocenters. The van der Waals surface area contributed by atoms with Crippen LogP contribution >= 0.6 is 0 Å². The van der Waals surface area contributed by atoms with Crippen molar-refractivity contribution in [1.29, 1.82) is 0 Å². The number of H-pyrrole nitrogens is 1. The summed E-state index contributed by atoms with van der Waals surface area (Å²) in [5, 5.41) is 15.4. The lowest BCUT2D eigenvalue weighted by Crippen LogP contribution is -2.24. The molecule has 1 heterocycles. The highest BCUT2D eigenvalue weighted by molar-refractivity contribution is 5.89. The molecule has 2 rings (SSSR count). The van der Waals surface area contributed by atoms with Crippen LogP contribution in [0.5, 0.6) is 0 Å². The number of aromatic nitrogens is 4. The lowest BCUT2D eigenvalue weighted by atomic mass is 10.1. The molecule has 7 heteroatoms. The molecule has 0 spiro atoms. The summed E-state index contributed by atoms with van der Waals surface area (Å²) in [5.74, 6) is -0.315. The SMILES string of the molecule is NCCc1ccc(CNC(=O)c2nn[nH]n2)cc1. The van der Waals surface area contributed by atoms with E-state index in [9.17, 15) is 4.79 Å². The number of hydrogen-bond donors (Lipinski definition) is 3. The third kappa shape index (κ3) is 3.11. The van der Waals surface area contributed by atoms with E-state index in [0.717, 1.165) is 12.0 Å². The van der Waals surface area contributed by atoms with Crippen LogP contribution in [0.15, 0.2) is 24.3 Å². The van der Waals surface area contributed by atoms with Crippen LogP contribution in [0.4, 0.5) is 0 Å². The third-order valence-electron chi connectivity index (χ3n) is 2.46. The van der Waals surface area contributed by atoms with Crippen molar-refractivity contribution in [3.63, 3.8) is 0 Å². The van der Waals surface area contributed by atoms with E-state index in [2.05, 4.69) is 25.9 Å². The van der Waals surface area contributed by atoms with Crippen LogP contribution < -0.4 is 11.1 Å². The van der Waals surface area contributed by atoms with Crippen molar-refractivity contribution in [2.75, 3.05) is 6.54 Å². The Bertz CT molecular complexity index is 493. The molecule has 0 aliphatic carbocycles. The van der Waals surface area contributed by atoms with Gasteiger partial charge in [-0.2, -0.15) is 5.21 Å². The van der Waals surface area contributed by atoms with E-state index in [1.54, 1.807) is 0 Å². The van der Waals surface area contributed by atoms with Gasteiger partial charge in [-0.25, -0.2) is 0 Å². The van der Waals surface area contributed by atoms with Crippen molar-refractivity contribution in [2.45, 2.75) is 13.0 Å². The fourth-order valence-electron chi connectivity index (χ4n) is 1.51. The van der Waals surface area contributed by atoms with Gasteiger partial charge in [0.15, 0.2) is 0 Å². The first-order valence-corrected chi connectivity index (χ1v) is 5.59. The number of carbonyl (C=O) groups is 1. The van der Waals surface area contributed by atoms with Crippen LogP contribution in [-0.2, 0) is 13.0 Å². The Hall–Kier alpha value is -2.28. The second kappa shape index (κ2) is 5.87. The Balaban J connectivity index is 1.88. The zero-order valence-corrected chi connectivity index (χ0v) is 9.76. The molecular formula is C11H14N6O. The van der Waals surface area contributed by atoms with Gasteiger partial charge < -0.3 is 11.1 Å². The number of tetrazole rings is 1. The molecule has 7 nitrogen and oxygen atoms in total. The van der Waals surface area contributed by atoms with Gasteiger partial charge in [-0.3, -0.25) is 4.79 Å². The average Bonchev–Trinajstić information content (AvgIpc) is 2.92. The van der Waals surface area contributed by atoms with Gasteiger partial charge in [0.1, 0.15) is 0 Å². The molecule has 1 amide bonds. The molecule has 0 unspecified atom stereocenters. The normalized spacial score (nSPS) is 10.3. The molecule has 18 heavy (non-hydrogen) atoms. The predicted molar refractivity (Wildman–Crippen MR) is 64.5 cm³/mol. The second-order valence-corrected chi connectivity index (χ2v) is 3.77. The van der Waals surface area contributed by atoms with Crippen molar-refractivity contribution in [3.05, 3.63) is 41.2 Å². The minimum Gasteiger partial charge on any atom is -0.345 e. The van der Waals surface area contributed by atoms with Crippen molar-refractivity contribution < 1.29 is 4.79 Å². The molecule has 1 aromatic carbocycles. The Morgan fingerprint density at radius 1 is 1.28 bits per heavy atom. The van der Waals surface area contributed by atoms with Crippen LogP contribution in [0.25, 0.3) is 0 Å². The van der Waals surface area contributed by atoms with Crippen molar-refractivity contribution >= 4 is 5.91 Å². The topological polar surface area (TPSA) is 110 Å². The number of rotatable bonds is 5. The molecule has 0 saturated carbocycles. The van der Waals surface area contributed by atoms with Gasteiger partial charge >= 0.3 is 0 Å². The van der Waals surface area contributed by atoms with Crippen LogP contribution in [-0.4, -0.2) is 33.1 Å². The molecule has 2 aromatic rings. The minimum absolute atomic E-state index is 0.0368. The monoisotopic (exact) mass is 246 g/mol. The summed E-state index contributed by atoms with van der Waals surface area (Å²) in [6.45, 7) is 1.06. The van der Waals surface area contributed by atoms with Gasteiger partial charge in [-0.05, 0) is 29.3 Å². The number of benzene rings is 1. The quantitative estimate of drug-likeness (QED) is 0.667. The largest absolute Gasteiger partial charge is 0.345 e. The van der Waals surface area contributed by atoms with E-state index < -0.39 is 0 Å². The molecule has 4 N–H and O–H groups in total. The summed E-state index contributed by atoms with van der Waals surface area (Å²) in [5.41, 5.74) is 7.66. The maximum absolute atomic E-state index is 11.5. The van der Waals surface area contributed by atoms with Gasteiger partial charge in [0.2, 0.25) is 0 Å². The summed E-state index contributed by atoms with van der Waals surface area (Å²) in [6, 6.07) is 7.92.